The van der Waals surface area contributed by atoms with Gasteiger partial charge in [-0.25, -0.2) is 4.79 Å². The van der Waals surface area contributed by atoms with E-state index in [9.17, 15) is 9.59 Å². The molecule has 0 radical (unpaired) electrons. The van der Waals surface area contributed by atoms with Crippen LogP contribution in [-0.2, 0) is 27.2 Å². The number of benzene rings is 1. The van der Waals surface area contributed by atoms with Crippen LogP contribution in [0.25, 0.3) is 0 Å². The molecule has 0 saturated heterocycles. The van der Waals surface area contributed by atoms with Crippen LogP contribution in [0.5, 0.6) is 5.75 Å². The Kier molecular flexibility index (Phi) is 5.20. The van der Waals surface area contributed by atoms with Crippen LogP contribution in [0.2, 0.25) is 0 Å². The average molecular weight is 292 g/mol. The van der Waals surface area contributed by atoms with Gasteiger partial charge in [0.25, 0.3) is 0 Å². The largest absolute Gasteiger partial charge is 0.482 e. The third kappa shape index (κ3) is 4.21. The molecule has 0 bridgehead atoms. The van der Waals surface area contributed by atoms with Crippen LogP contribution in [0.3, 0.4) is 0 Å². The number of fused-ring (bicyclic) bond motifs is 1. The Balaban J connectivity index is 2.01. The molecular weight excluding hydrogens is 272 g/mol. The zero-order valence-corrected chi connectivity index (χ0v) is 12.1. The van der Waals surface area contributed by atoms with E-state index in [1.807, 2.05) is 18.2 Å². The van der Waals surface area contributed by atoms with Gasteiger partial charge in [0.15, 0.2) is 6.61 Å². The fourth-order valence-electron chi connectivity index (χ4n) is 2.75. The molecule has 0 fully saturated rings. The van der Waals surface area contributed by atoms with Crippen molar-refractivity contribution in [1.82, 2.24) is 0 Å². The normalized spacial score (nSPS) is 16.9. The van der Waals surface area contributed by atoms with Crippen molar-refractivity contribution in [2.75, 3.05) is 13.7 Å². The number of esters is 1. The Hall–Kier alpha value is -2.04. The first-order valence-electron chi connectivity index (χ1n) is 7.12. The molecule has 1 unspecified atom stereocenters. The molecule has 1 atom stereocenters. The summed E-state index contributed by atoms with van der Waals surface area (Å²) < 4.78 is 10.1. The molecule has 0 saturated carbocycles. The molecule has 1 aliphatic rings. The summed E-state index contributed by atoms with van der Waals surface area (Å²) in [7, 11) is 1.33. The topological polar surface area (TPSA) is 72.8 Å². The summed E-state index contributed by atoms with van der Waals surface area (Å²) in [4.78, 5) is 21.8. The van der Waals surface area contributed by atoms with Gasteiger partial charge in [0.1, 0.15) is 5.75 Å². The van der Waals surface area contributed by atoms with Crippen LogP contribution in [0.15, 0.2) is 18.2 Å². The summed E-state index contributed by atoms with van der Waals surface area (Å²) in [6.07, 6.45) is 3.62. The lowest BCUT2D eigenvalue weighted by Gasteiger charge is -2.25. The van der Waals surface area contributed by atoms with E-state index >= 15 is 0 Å². The molecule has 0 spiro atoms. The molecule has 2 rings (SSSR count). The van der Waals surface area contributed by atoms with E-state index in [1.54, 1.807) is 0 Å². The number of carboxylic acid groups (broad SMARTS) is 1. The summed E-state index contributed by atoms with van der Waals surface area (Å²) in [5.41, 5.74) is 2.33. The van der Waals surface area contributed by atoms with Gasteiger partial charge in [0.05, 0.1) is 7.11 Å². The van der Waals surface area contributed by atoms with Gasteiger partial charge in [-0.1, -0.05) is 12.1 Å². The summed E-state index contributed by atoms with van der Waals surface area (Å²) in [6, 6.07) is 5.82. The summed E-state index contributed by atoms with van der Waals surface area (Å²) in [5, 5.41) is 8.77. The Bertz CT molecular complexity index is 523. The van der Waals surface area contributed by atoms with Crippen molar-refractivity contribution in [3.8, 4) is 5.75 Å². The number of carboxylic acids is 1. The number of carbonyl (C=O) groups is 2. The van der Waals surface area contributed by atoms with Gasteiger partial charge in [-0.3, -0.25) is 4.79 Å². The van der Waals surface area contributed by atoms with E-state index < -0.39 is 11.9 Å². The van der Waals surface area contributed by atoms with Gasteiger partial charge in [0, 0.05) is 6.42 Å². The second-order valence-corrected chi connectivity index (χ2v) is 5.30. The fraction of sp³-hybridized carbons (Fsp3) is 0.500. The third-order valence-corrected chi connectivity index (χ3v) is 3.88. The predicted octanol–water partition coefficient (Wildman–Crippen LogP) is 2.21. The molecule has 5 heteroatoms. The minimum absolute atomic E-state index is 0.0879. The highest BCUT2D eigenvalue weighted by molar-refractivity contribution is 5.71. The third-order valence-electron chi connectivity index (χ3n) is 3.88. The number of methoxy groups -OCH3 is 1. The first kappa shape index (κ1) is 15.4. The first-order chi connectivity index (χ1) is 10.1. The molecule has 1 aliphatic carbocycles. The summed E-state index contributed by atoms with van der Waals surface area (Å²) in [6.45, 7) is -0.0879. The zero-order chi connectivity index (χ0) is 15.2. The van der Waals surface area contributed by atoms with Crippen LogP contribution in [0.1, 0.15) is 30.4 Å². The molecule has 1 N–H and O–H groups in total. The van der Waals surface area contributed by atoms with E-state index in [4.69, 9.17) is 9.84 Å². The fourth-order valence-corrected chi connectivity index (χ4v) is 2.75. The Morgan fingerprint density at radius 1 is 1.38 bits per heavy atom. The molecule has 5 nitrogen and oxygen atoms in total. The van der Waals surface area contributed by atoms with E-state index in [0.717, 1.165) is 30.6 Å². The van der Waals surface area contributed by atoms with Crippen LogP contribution < -0.4 is 4.74 Å². The van der Waals surface area contributed by atoms with Crippen molar-refractivity contribution >= 4 is 11.9 Å². The minimum atomic E-state index is -0.740. The lowest BCUT2D eigenvalue weighted by molar-refractivity contribution is -0.143. The smallest absolute Gasteiger partial charge is 0.343 e. The van der Waals surface area contributed by atoms with Crippen molar-refractivity contribution in [2.45, 2.75) is 32.1 Å². The van der Waals surface area contributed by atoms with Crippen LogP contribution in [-0.4, -0.2) is 30.8 Å². The number of ether oxygens (including phenoxy) is 2. The van der Waals surface area contributed by atoms with E-state index in [0.29, 0.717) is 12.3 Å². The molecule has 1 aromatic carbocycles. The number of carbonyl (C=O) groups excluding carboxylic acids is 1. The monoisotopic (exact) mass is 292 g/mol. The molecular formula is C16H20O5. The summed E-state index contributed by atoms with van der Waals surface area (Å²) >= 11 is 0. The van der Waals surface area contributed by atoms with Crippen molar-refractivity contribution in [3.05, 3.63) is 29.3 Å². The molecule has 0 aromatic heterocycles. The van der Waals surface area contributed by atoms with Gasteiger partial charge in [-0.05, 0) is 48.8 Å². The van der Waals surface area contributed by atoms with Crippen molar-refractivity contribution in [3.63, 3.8) is 0 Å². The Labute approximate surface area is 123 Å². The number of hydrogen-bond acceptors (Lipinski definition) is 4. The molecule has 1 aromatic rings. The molecule has 114 valence electrons. The highest BCUT2D eigenvalue weighted by Gasteiger charge is 2.22. The lowest BCUT2D eigenvalue weighted by Crippen LogP contribution is -2.18. The zero-order valence-electron chi connectivity index (χ0n) is 12.1. The quantitative estimate of drug-likeness (QED) is 0.814. The standard InChI is InChI=1S/C16H20O5/c1-20-16(19)10-21-14-4-2-3-12-9-11(5-7-13(12)14)6-8-15(17)18/h2-4,11H,5-10H2,1H3,(H,17,18). The van der Waals surface area contributed by atoms with Crippen molar-refractivity contribution < 1.29 is 24.2 Å². The van der Waals surface area contributed by atoms with Crippen LogP contribution >= 0.6 is 0 Å². The van der Waals surface area contributed by atoms with Crippen molar-refractivity contribution in [2.24, 2.45) is 5.92 Å². The maximum atomic E-state index is 11.2. The SMILES string of the molecule is COC(=O)COc1cccc2c1CCC(CCC(=O)O)C2. The van der Waals surface area contributed by atoms with Gasteiger partial charge >= 0.3 is 11.9 Å². The van der Waals surface area contributed by atoms with Gasteiger partial charge < -0.3 is 14.6 Å². The molecule has 0 amide bonds. The number of aliphatic carboxylic acids is 1. The highest BCUT2D eigenvalue weighted by Crippen LogP contribution is 2.33. The summed E-state index contributed by atoms with van der Waals surface area (Å²) in [5.74, 6) is -0.00209. The van der Waals surface area contributed by atoms with Gasteiger partial charge in [0.2, 0.25) is 0 Å². The first-order valence-corrected chi connectivity index (χ1v) is 7.12. The minimum Gasteiger partial charge on any atom is -0.482 e. The van der Waals surface area contributed by atoms with Crippen LogP contribution in [0.4, 0.5) is 0 Å². The number of rotatable bonds is 6. The Morgan fingerprint density at radius 2 is 2.19 bits per heavy atom. The number of hydrogen-bond donors (Lipinski definition) is 1. The molecule has 0 heterocycles. The lowest BCUT2D eigenvalue weighted by atomic mass is 9.81. The molecule has 21 heavy (non-hydrogen) atoms. The average Bonchev–Trinajstić information content (AvgIpc) is 2.50. The van der Waals surface area contributed by atoms with E-state index in [1.165, 1.54) is 12.7 Å². The van der Waals surface area contributed by atoms with Gasteiger partial charge in [-0.15, -0.1) is 0 Å². The van der Waals surface area contributed by atoms with Crippen molar-refractivity contribution in [1.29, 1.82) is 0 Å². The maximum Gasteiger partial charge on any atom is 0.343 e. The van der Waals surface area contributed by atoms with Gasteiger partial charge in [-0.2, -0.15) is 0 Å². The second kappa shape index (κ2) is 7.11. The molecule has 0 aliphatic heterocycles. The van der Waals surface area contributed by atoms with E-state index in [-0.39, 0.29) is 13.0 Å². The maximum absolute atomic E-state index is 11.2. The highest BCUT2D eigenvalue weighted by atomic mass is 16.6. The van der Waals surface area contributed by atoms with E-state index in [2.05, 4.69) is 4.74 Å². The van der Waals surface area contributed by atoms with Crippen LogP contribution in [0, 0.1) is 5.92 Å². The Morgan fingerprint density at radius 3 is 2.90 bits per heavy atom. The predicted molar refractivity (Wildman–Crippen MR) is 76.3 cm³/mol. The second-order valence-electron chi connectivity index (χ2n) is 5.30.